The lowest BCUT2D eigenvalue weighted by molar-refractivity contribution is 0.0526. The zero-order valence-corrected chi connectivity index (χ0v) is 13.3. The number of hydrogen-bond donors (Lipinski definition) is 1. The monoisotopic (exact) mass is 338 g/mol. The van der Waals surface area contributed by atoms with Crippen molar-refractivity contribution >= 4 is 23.4 Å². The summed E-state index contributed by atoms with van der Waals surface area (Å²) >= 11 is 6.07. The molecule has 7 heteroatoms. The Morgan fingerprint density at radius 2 is 2.09 bits per heavy atom. The summed E-state index contributed by atoms with van der Waals surface area (Å²) in [5.41, 5.74) is 0.296. The zero-order valence-electron chi connectivity index (χ0n) is 12.5. The van der Waals surface area contributed by atoms with Gasteiger partial charge in [0.25, 0.3) is 0 Å². The average Bonchev–Trinajstić information content (AvgIpc) is 2.54. The Morgan fingerprint density at radius 1 is 1.35 bits per heavy atom. The van der Waals surface area contributed by atoms with Gasteiger partial charge in [0.15, 0.2) is 0 Å². The molecule has 1 aromatic carbocycles. The molecule has 0 unspecified atom stereocenters. The van der Waals surface area contributed by atoms with Crippen LogP contribution in [0.15, 0.2) is 36.5 Å². The molecule has 1 aromatic heterocycles. The Bertz CT molecular complexity index is 665. The summed E-state index contributed by atoms with van der Waals surface area (Å²) in [7, 11) is 0. The summed E-state index contributed by atoms with van der Waals surface area (Å²) in [6.07, 6.45) is 1.40. The van der Waals surface area contributed by atoms with Crippen LogP contribution in [0.2, 0.25) is 5.02 Å². The number of benzene rings is 1. The number of carbonyl (C=O) groups excluding carboxylic acids is 1. The summed E-state index contributed by atoms with van der Waals surface area (Å²) in [5, 5.41) is 3.32. The average molecular weight is 339 g/mol. The van der Waals surface area contributed by atoms with Crippen molar-refractivity contribution in [2.45, 2.75) is 6.92 Å². The van der Waals surface area contributed by atoms with Gasteiger partial charge in [0.1, 0.15) is 24.0 Å². The van der Waals surface area contributed by atoms with E-state index in [1.165, 1.54) is 24.4 Å². The van der Waals surface area contributed by atoms with Gasteiger partial charge in [-0.1, -0.05) is 11.6 Å². The van der Waals surface area contributed by atoms with Gasteiger partial charge in [0.2, 0.25) is 0 Å². The Hall–Kier alpha value is -2.34. The van der Waals surface area contributed by atoms with Gasteiger partial charge < -0.3 is 14.8 Å². The normalized spacial score (nSPS) is 10.2. The minimum Gasteiger partial charge on any atom is -0.492 e. The van der Waals surface area contributed by atoms with E-state index in [4.69, 9.17) is 21.1 Å². The first-order valence-corrected chi connectivity index (χ1v) is 7.43. The smallest absolute Gasteiger partial charge is 0.339 e. The van der Waals surface area contributed by atoms with E-state index < -0.39 is 5.97 Å². The molecule has 2 rings (SSSR count). The molecule has 1 N–H and O–H groups in total. The van der Waals surface area contributed by atoms with Crippen molar-refractivity contribution in [2.24, 2.45) is 0 Å². The number of rotatable bonds is 7. The molecule has 0 saturated heterocycles. The summed E-state index contributed by atoms with van der Waals surface area (Å²) in [6, 6.07) is 7.25. The van der Waals surface area contributed by atoms with Crippen LogP contribution in [0.25, 0.3) is 0 Å². The van der Waals surface area contributed by atoms with Crippen molar-refractivity contribution in [1.82, 2.24) is 4.98 Å². The second kappa shape index (κ2) is 8.33. The predicted molar refractivity (Wildman–Crippen MR) is 85.6 cm³/mol. The van der Waals surface area contributed by atoms with E-state index in [0.717, 1.165) is 0 Å². The van der Waals surface area contributed by atoms with Crippen LogP contribution >= 0.6 is 11.6 Å². The van der Waals surface area contributed by atoms with Crippen molar-refractivity contribution in [1.29, 1.82) is 0 Å². The van der Waals surface area contributed by atoms with Gasteiger partial charge in [-0.15, -0.1) is 0 Å². The first kappa shape index (κ1) is 17.0. The minimum atomic E-state index is -0.465. The van der Waals surface area contributed by atoms with Crippen LogP contribution in [0.4, 0.5) is 10.2 Å². The fourth-order valence-electron chi connectivity index (χ4n) is 1.76. The fourth-order valence-corrected chi connectivity index (χ4v) is 2.00. The molecule has 0 saturated carbocycles. The Morgan fingerprint density at radius 3 is 2.74 bits per heavy atom. The molecule has 2 aromatic rings. The fraction of sp³-hybridized carbons (Fsp3) is 0.250. The molecular formula is C16H16ClFN2O3. The first-order chi connectivity index (χ1) is 11.1. The molecule has 0 amide bonds. The lowest BCUT2D eigenvalue weighted by Crippen LogP contribution is -2.13. The van der Waals surface area contributed by atoms with Crippen LogP contribution in [0, 0.1) is 5.82 Å². The molecule has 23 heavy (non-hydrogen) atoms. The van der Waals surface area contributed by atoms with E-state index >= 15 is 0 Å². The maximum absolute atomic E-state index is 12.8. The van der Waals surface area contributed by atoms with E-state index in [2.05, 4.69) is 10.3 Å². The molecule has 0 bridgehead atoms. The van der Waals surface area contributed by atoms with Crippen molar-refractivity contribution in [3.63, 3.8) is 0 Å². The van der Waals surface area contributed by atoms with Crippen molar-refractivity contribution in [3.8, 4) is 5.75 Å². The highest BCUT2D eigenvalue weighted by atomic mass is 35.5. The molecule has 122 valence electrons. The highest BCUT2D eigenvalue weighted by molar-refractivity contribution is 6.33. The van der Waals surface area contributed by atoms with Crippen molar-refractivity contribution in [2.75, 3.05) is 25.1 Å². The molecule has 0 aliphatic rings. The Balaban J connectivity index is 1.83. The second-order valence-corrected chi connectivity index (χ2v) is 4.91. The highest BCUT2D eigenvalue weighted by Crippen LogP contribution is 2.20. The van der Waals surface area contributed by atoms with Gasteiger partial charge in [-0.3, -0.25) is 0 Å². The third-order valence-corrected chi connectivity index (χ3v) is 3.12. The van der Waals surface area contributed by atoms with Crippen molar-refractivity contribution < 1.29 is 18.7 Å². The Labute approximate surface area is 138 Å². The van der Waals surface area contributed by atoms with Crippen LogP contribution in [-0.2, 0) is 4.74 Å². The van der Waals surface area contributed by atoms with Crippen LogP contribution < -0.4 is 10.1 Å². The van der Waals surface area contributed by atoms with Crippen LogP contribution in [-0.4, -0.2) is 30.7 Å². The summed E-state index contributed by atoms with van der Waals surface area (Å²) in [4.78, 5) is 15.7. The number of esters is 1. The molecule has 0 aliphatic heterocycles. The number of aromatic nitrogens is 1. The molecule has 0 aliphatic carbocycles. The van der Waals surface area contributed by atoms with Crippen LogP contribution in [0.1, 0.15) is 17.3 Å². The van der Waals surface area contributed by atoms with Gasteiger partial charge >= 0.3 is 5.97 Å². The third-order valence-electron chi connectivity index (χ3n) is 2.83. The van der Waals surface area contributed by atoms with Crippen LogP contribution in [0.5, 0.6) is 5.75 Å². The Kier molecular flexibility index (Phi) is 6.17. The predicted octanol–water partition coefficient (Wildman–Crippen LogP) is 3.54. The highest BCUT2D eigenvalue weighted by Gasteiger charge is 2.10. The van der Waals surface area contributed by atoms with Crippen molar-refractivity contribution in [3.05, 3.63) is 52.9 Å². The summed E-state index contributed by atoms with van der Waals surface area (Å²) < 4.78 is 23.1. The number of nitrogens with zero attached hydrogens (tertiary/aromatic N) is 1. The maximum Gasteiger partial charge on any atom is 0.339 e. The van der Waals surface area contributed by atoms with Gasteiger partial charge in [-0.25, -0.2) is 14.2 Å². The number of pyridine rings is 1. The number of nitrogens with one attached hydrogen (secondary N) is 1. The lowest BCUT2D eigenvalue weighted by Gasteiger charge is -2.10. The summed E-state index contributed by atoms with van der Waals surface area (Å²) in [5.74, 6) is 0.244. The van der Waals surface area contributed by atoms with E-state index in [1.54, 1.807) is 19.1 Å². The second-order valence-electron chi connectivity index (χ2n) is 4.50. The maximum atomic E-state index is 12.8. The molecule has 0 fully saturated rings. The van der Waals surface area contributed by atoms with Gasteiger partial charge in [-0.05, 0) is 37.3 Å². The number of hydrogen-bond acceptors (Lipinski definition) is 5. The number of anilines is 1. The standard InChI is InChI=1S/C16H16ClFN2O3/c1-2-22-16(21)11-9-14(17)15(20-10-11)19-7-8-23-13-5-3-12(18)4-6-13/h3-6,9-10H,2,7-8H2,1H3,(H,19,20). The van der Waals surface area contributed by atoms with E-state index in [1.807, 2.05) is 0 Å². The minimum absolute atomic E-state index is 0.289. The quantitative estimate of drug-likeness (QED) is 0.618. The first-order valence-electron chi connectivity index (χ1n) is 7.05. The number of ether oxygens (including phenoxy) is 2. The topological polar surface area (TPSA) is 60.5 Å². The SMILES string of the molecule is CCOC(=O)c1cnc(NCCOc2ccc(F)cc2)c(Cl)c1. The zero-order chi connectivity index (χ0) is 16.7. The van der Waals surface area contributed by atoms with E-state index in [0.29, 0.717) is 35.3 Å². The lowest BCUT2D eigenvalue weighted by atomic mass is 10.3. The number of halogens is 2. The van der Waals surface area contributed by atoms with Gasteiger partial charge in [-0.2, -0.15) is 0 Å². The van der Waals surface area contributed by atoms with Crippen LogP contribution in [0.3, 0.4) is 0 Å². The third kappa shape index (κ3) is 5.10. The van der Waals surface area contributed by atoms with Gasteiger partial charge in [0, 0.05) is 6.20 Å². The molecule has 1 heterocycles. The molecule has 0 atom stereocenters. The number of carbonyl (C=O) groups is 1. The van der Waals surface area contributed by atoms with Gasteiger partial charge in [0.05, 0.1) is 23.7 Å². The molecule has 5 nitrogen and oxygen atoms in total. The molecule has 0 radical (unpaired) electrons. The molecular weight excluding hydrogens is 323 g/mol. The largest absolute Gasteiger partial charge is 0.492 e. The van der Waals surface area contributed by atoms with E-state index in [-0.39, 0.29) is 12.4 Å². The van der Waals surface area contributed by atoms with E-state index in [9.17, 15) is 9.18 Å². The molecule has 0 spiro atoms. The summed E-state index contributed by atoms with van der Waals surface area (Å²) in [6.45, 7) is 2.81.